The van der Waals surface area contributed by atoms with Crippen molar-refractivity contribution in [3.05, 3.63) is 118 Å². The largest absolute Gasteiger partial charge is 0.431 e. The minimum absolute atomic E-state index is 0.408. The third-order valence-electron chi connectivity index (χ3n) is 7.76. The van der Waals surface area contributed by atoms with Crippen molar-refractivity contribution in [2.24, 2.45) is 0 Å². The SMILES string of the molecule is CCSc1ccc(N(Cc2cncs2)c2ccc(OC(F)F)c(OC(F)F)c2)cc1.CSc1cccc(N(Cc2cncs2)c2ccc(OC(F)F)c(OC(F)F)c2)c1. The van der Waals surface area contributed by atoms with Gasteiger partial charge in [0.25, 0.3) is 0 Å². The second kappa shape index (κ2) is 22.5. The predicted octanol–water partition coefficient (Wildman–Crippen LogP) is 13.2. The van der Waals surface area contributed by atoms with Gasteiger partial charge in [0, 0.05) is 66.8 Å². The second-order valence-corrected chi connectivity index (χ2v) is 15.7. The van der Waals surface area contributed by atoms with Crippen LogP contribution in [-0.4, -0.2) is 48.4 Å². The topological polar surface area (TPSA) is 69.2 Å². The molecule has 0 atom stereocenters. The average molecular weight is 903 g/mol. The Balaban J connectivity index is 0.000000224. The molecule has 8 nitrogen and oxygen atoms in total. The van der Waals surface area contributed by atoms with Crippen LogP contribution in [0.2, 0.25) is 0 Å². The van der Waals surface area contributed by atoms with E-state index in [9.17, 15) is 35.1 Å². The fraction of sp³-hybridized carbons (Fsp3) is 0.231. The first-order valence-electron chi connectivity index (χ1n) is 17.2. The molecule has 0 N–H and O–H groups in total. The molecule has 20 heteroatoms. The highest BCUT2D eigenvalue weighted by Crippen LogP contribution is 2.40. The number of halogens is 8. The van der Waals surface area contributed by atoms with E-state index in [0.717, 1.165) is 36.7 Å². The molecule has 0 amide bonds. The van der Waals surface area contributed by atoms with E-state index in [2.05, 4.69) is 35.8 Å². The normalized spacial score (nSPS) is 11.2. The fourth-order valence-electron chi connectivity index (χ4n) is 5.37. The molecule has 0 bridgehead atoms. The number of hydrogen-bond acceptors (Lipinski definition) is 12. The van der Waals surface area contributed by atoms with Crippen LogP contribution in [0.15, 0.2) is 118 Å². The molecule has 59 heavy (non-hydrogen) atoms. The summed E-state index contributed by atoms with van der Waals surface area (Å²) in [7, 11) is 0. The lowest BCUT2D eigenvalue weighted by Crippen LogP contribution is -2.16. The summed E-state index contributed by atoms with van der Waals surface area (Å²) in [5, 5.41) is 0. The van der Waals surface area contributed by atoms with Crippen LogP contribution in [-0.2, 0) is 13.1 Å². The summed E-state index contributed by atoms with van der Waals surface area (Å²) in [5.74, 6) is -0.909. The lowest BCUT2D eigenvalue weighted by Gasteiger charge is -2.26. The Bertz CT molecular complexity index is 2160. The number of ether oxygens (including phenoxy) is 4. The third-order valence-corrected chi connectivity index (χ3v) is 10.9. The van der Waals surface area contributed by atoms with Crippen LogP contribution in [0.25, 0.3) is 0 Å². The van der Waals surface area contributed by atoms with Crippen molar-refractivity contribution >= 4 is 68.9 Å². The average Bonchev–Trinajstić information content (AvgIpc) is 3.93. The molecule has 0 radical (unpaired) electrons. The number of thioether (sulfide) groups is 2. The van der Waals surface area contributed by atoms with E-state index < -0.39 is 49.4 Å². The van der Waals surface area contributed by atoms with Crippen LogP contribution < -0.4 is 28.7 Å². The standard InChI is InChI=1S/C20H18F4N2O2S2.C19H16F4N2O2S2/c1-2-29-15-6-3-13(4-7-15)26(11-16-10-25-12-30-16)14-5-8-17(27-19(21)22)18(9-14)28-20(23)24;1-28-14-4-2-3-12(7-14)25(10-15-9-24-11-29-15)13-5-6-16(26-18(20)21)17(8-13)27-19(22)23/h3-10,12,19-20H,2,11H2,1H3;2-9,11,18-19H,10H2,1H3. The Morgan fingerprint density at radius 3 is 1.41 bits per heavy atom. The van der Waals surface area contributed by atoms with Crippen LogP contribution in [0.1, 0.15) is 16.7 Å². The van der Waals surface area contributed by atoms with Gasteiger partial charge in [0.05, 0.1) is 24.1 Å². The van der Waals surface area contributed by atoms with Gasteiger partial charge in [-0.05, 0) is 78.7 Å². The highest BCUT2D eigenvalue weighted by Gasteiger charge is 2.21. The van der Waals surface area contributed by atoms with Crippen LogP contribution in [0.4, 0.5) is 57.9 Å². The Labute approximate surface area is 350 Å². The summed E-state index contributed by atoms with van der Waals surface area (Å²) < 4.78 is 119. The van der Waals surface area contributed by atoms with Gasteiger partial charge in [-0.2, -0.15) is 35.1 Å². The smallest absolute Gasteiger partial charge is 0.387 e. The Kier molecular flexibility index (Phi) is 17.2. The van der Waals surface area contributed by atoms with Crippen LogP contribution in [0, 0.1) is 0 Å². The summed E-state index contributed by atoms with van der Waals surface area (Å²) in [4.78, 5) is 15.8. The summed E-state index contributed by atoms with van der Waals surface area (Å²) in [6, 6.07) is 23.4. The van der Waals surface area contributed by atoms with Crippen molar-refractivity contribution in [1.29, 1.82) is 0 Å². The number of thiazole rings is 2. The lowest BCUT2D eigenvalue weighted by molar-refractivity contribution is -0.0692. The summed E-state index contributed by atoms with van der Waals surface area (Å²) in [6.45, 7) is -9.80. The van der Waals surface area contributed by atoms with Crippen molar-refractivity contribution in [3.8, 4) is 23.0 Å². The van der Waals surface area contributed by atoms with E-state index in [1.54, 1.807) is 46.9 Å². The van der Waals surface area contributed by atoms with Crippen molar-refractivity contribution < 1.29 is 54.1 Å². The van der Waals surface area contributed by atoms with Gasteiger partial charge in [-0.15, -0.1) is 46.2 Å². The maximum absolute atomic E-state index is 12.8. The van der Waals surface area contributed by atoms with Gasteiger partial charge in [0.1, 0.15) is 0 Å². The van der Waals surface area contributed by atoms with Gasteiger partial charge < -0.3 is 28.7 Å². The second-order valence-electron chi connectivity index (χ2n) is 11.5. The Hall–Kier alpha value is -4.92. The van der Waals surface area contributed by atoms with Gasteiger partial charge in [-0.3, -0.25) is 9.97 Å². The molecule has 0 unspecified atom stereocenters. The Morgan fingerprint density at radius 2 is 0.983 bits per heavy atom. The molecule has 0 spiro atoms. The maximum Gasteiger partial charge on any atom is 0.387 e. The molecule has 0 aliphatic rings. The zero-order valence-corrected chi connectivity index (χ0v) is 34.2. The predicted molar refractivity (Wildman–Crippen MR) is 216 cm³/mol. The summed E-state index contributed by atoms with van der Waals surface area (Å²) in [5.41, 5.74) is 5.95. The van der Waals surface area contributed by atoms with Crippen LogP contribution >= 0.6 is 46.2 Å². The van der Waals surface area contributed by atoms with E-state index in [1.807, 2.05) is 64.6 Å². The van der Waals surface area contributed by atoms with E-state index >= 15 is 0 Å². The molecule has 0 aliphatic heterocycles. The van der Waals surface area contributed by atoms with Crippen molar-refractivity contribution in [2.45, 2.75) is 56.3 Å². The highest BCUT2D eigenvalue weighted by atomic mass is 32.2. The number of rotatable bonds is 19. The molecule has 4 aromatic carbocycles. The van der Waals surface area contributed by atoms with Gasteiger partial charge in [-0.1, -0.05) is 13.0 Å². The van der Waals surface area contributed by atoms with Gasteiger partial charge in [0.15, 0.2) is 23.0 Å². The number of anilines is 4. The van der Waals surface area contributed by atoms with E-state index in [0.29, 0.717) is 24.5 Å². The monoisotopic (exact) mass is 902 g/mol. The first kappa shape index (κ1) is 45.2. The number of alkyl halides is 8. The quantitative estimate of drug-likeness (QED) is 0.0580. The van der Waals surface area contributed by atoms with E-state index in [4.69, 9.17) is 0 Å². The molecule has 6 aromatic rings. The van der Waals surface area contributed by atoms with Gasteiger partial charge in [-0.25, -0.2) is 0 Å². The molecule has 0 saturated heterocycles. The lowest BCUT2D eigenvalue weighted by atomic mass is 10.2. The molecule has 314 valence electrons. The van der Waals surface area contributed by atoms with Crippen LogP contribution in [0.3, 0.4) is 0 Å². The van der Waals surface area contributed by atoms with E-state index in [1.165, 1.54) is 59.1 Å². The number of aromatic nitrogens is 2. The number of nitrogens with zero attached hydrogens (tertiary/aromatic N) is 4. The minimum Gasteiger partial charge on any atom is -0.431 e. The fourth-order valence-corrected chi connectivity index (χ4v) is 7.65. The molecule has 6 rings (SSSR count). The molecule has 2 aromatic heterocycles. The molecule has 0 fully saturated rings. The maximum atomic E-state index is 12.8. The molecule has 2 heterocycles. The van der Waals surface area contributed by atoms with Crippen molar-refractivity contribution in [3.63, 3.8) is 0 Å². The van der Waals surface area contributed by atoms with Gasteiger partial charge >= 0.3 is 26.4 Å². The first-order chi connectivity index (χ1) is 28.4. The third kappa shape index (κ3) is 13.8. The van der Waals surface area contributed by atoms with Gasteiger partial charge in [0.2, 0.25) is 0 Å². The number of benzene rings is 4. The minimum atomic E-state index is -3.18. The highest BCUT2D eigenvalue weighted by molar-refractivity contribution is 7.99. The van der Waals surface area contributed by atoms with Crippen LogP contribution in [0.5, 0.6) is 23.0 Å². The first-order valence-corrected chi connectivity index (χ1v) is 21.1. The van der Waals surface area contributed by atoms with Crippen molar-refractivity contribution in [1.82, 2.24) is 9.97 Å². The van der Waals surface area contributed by atoms with E-state index in [-0.39, 0.29) is 0 Å². The summed E-state index contributed by atoms with van der Waals surface area (Å²) >= 11 is 6.15. The zero-order chi connectivity index (χ0) is 42.3. The molecular weight excluding hydrogens is 869 g/mol. The molecular formula is C39H34F8N4O4S4. The molecule has 0 aliphatic carbocycles. The molecule has 0 saturated carbocycles. The summed E-state index contributed by atoms with van der Waals surface area (Å²) in [6.07, 6.45) is 5.36. The zero-order valence-electron chi connectivity index (χ0n) is 30.9. The number of hydrogen-bond donors (Lipinski definition) is 0. The van der Waals surface area contributed by atoms with Crippen molar-refractivity contribution in [2.75, 3.05) is 21.8 Å². The Morgan fingerprint density at radius 1 is 0.542 bits per heavy atom.